The molecule has 0 saturated heterocycles. The van der Waals surface area contributed by atoms with Gasteiger partial charge in [0.05, 0.1) is 6.04 Å². The quantitative estimate of drug-likeness (QED) is 0.898. The summed E-state index contributed by atoms with van der Waals surface area (Å²) in [5.74, 6) is 0. The molecule has 1 aromatic heterocycles. The maximum atomic E-state index is 3.67. The van der Waals surface area contributed by atoms with Gasteiger partial charge in [-0.3, -0.25) is 0 Å². The molecule has 3 heteroatoms. The van der Waals surface area contributed by atoms with Crippen LogP contribution in [-0.4, -0.2) is 7.05 Å². The monoisotopic (exact) mass is 295 g/mol. The molecule has 1 atom stereocenters. The van der Waals surface area contributed by atoms with Crippen molar-refractivity contribution in [3.8, 4) is 0 Å². The Morgan fingerprint density at radius 1 is 1.31 bits per heavy atom. The van der Waals surface area contributed by atoms with Gasteiger partial charge in [-0.15, -0.1) is 0 Å². The fraction of sp³-hybridized carbons (Fsp3) is 0.231. The lowest BCUT2D eigenvalue weighted by molar-refractivity contribution is 0.690. The summed E-state index contributed by atoms with van der Waals surface area (Å²) >= 11 is 5.40. The molecule has 0 bridgehead atoms. The van der Waals surface area contributed by atoms with Crippen LogP contribution in [0.15, 0.2) is 39.5 Å². The number of hydrogen-bond donors (Lipinski definition) is 1. The van der Waals surface area contributed by atoms with Crippen LogP contribution in [-0.2, 0) is 0 Å². The van der Waals surface area contributed by atoms with Crippen LogP contribution in [0.3, 0.4) is 0 Å². The van der Waals surface area contributed by atoms with Gasteiger partial charge in [0, 0.05) is 4.47 Å². The van der Waals surface area contributed by atoms with Crippen molar-refractivity contribution in [2.75, 3.05) is 7.05 Å². The Bertz CT molecular complexity index is 465. The molecule has 1 nitrogen and oxygen atoms in total. The molecule has 2 aromatic rings. The summed E-state index contributed by atoms with van der Waals surface area (Å²) in [6.45, 7) is 2.12. The van der Waals surface area contributed by atoms with Gasteiger partial charge >= 0.3 is 0 Å². The molecule has 16 heavy (non-hydrogen) atoms. The molecule has 2 rings (SSSR count). The first-order valence-electron chi connectivity index (χ1n) is 5.18. The minimum Gasteiger partial charge on any atom is -0.309 e. The van der Waals surface area contributed by atoms with Crippen LogP contribution in [0.25, 0.3) is 0 Å². The Hall–Kier alpha value is -0.640. The molecule has 0 spiro atoms. The van der Waals surface area contributed by atoms with Gasteiger partial charge in [-0.25, -0.2) is 0 Å². The summed E-state index contributed by atoms with van der Waals surface area (Å²) in [5.41, 5.74) is 3.88. The zero-order chi connectivity index (χ0) is 11.5. The average Bonchev–Trinajstić information content (AvgIpc) is 2.79. The first kappa shape index (κ1) is 11.8. The zero-order valence-electron chi connectivity index (χ0n) is 9.33. The van der Waals surface area contributed by atoms with Gasteiger partial charge in [0.25, 0.3) is 0 Å². The summed E-state index contributed by atoms with van der Waals surface area (Å²) in [4.78, 5) is 0. The summed E-state index contributed by atoms with van der Waals surface area (Å²) < 4.78 is 1.19. The lowest BCUT2D eigenvalue weighted by atomic mass is 10.00. The number of thiophene rings is 1. The Labute approximate surface area is 109 Å². The highest BCUT2D eigenvalue weighted by atomic mass is 79.9. The number of halogens is 1. The van der Waals surface area contributed by atoms with E-state index in [0.29, 0.717) is 0 Å². The second kappa shape index (κ2) is 5.13. The van der Waals surface area contributed by atoms with E-state index in [4.69, 9.17) is 0 Å². The van der Waals surface area contributed by atoms with Gasteiger partial charge in [0.15, 0.2) is 0 Å². The van der Waals surface area contributed by atoms with E-state index in [0.717, 1.165) is 0 Å². The van der Waals surface area contributed by atoms with Crippen LogP contribution in [0.4, 0.5) is 0 Å². The van der Waals surface area contributed by atoms with Crippen LogP contribution in [0, 0.1) is 6.92 Å². The molecule has 0 amide bonds. The van der Waals surface area contributed by atoms with E-state index >= 15 is 0 Å². The van der Waals surface area contributed by atoms with E-state index in [9.17, 15) is 0 Å². The molecule has 0 aliphatic heterocycles. The van der Waals surface area contributed by atoms with Crippen molar-refractivity contribution >= 4 is 27.3 Å². The minimum atomic E-state index is 0.264. The van der Waals surface area contributed by atoms with E-state index in [1.165, 1.54) is 21.2 Å². The first-order chi connectivity index (χ1) is 7.74. The van der Waals surface area contributed by atoms with Crippen molar-refractivity contribution in [3.05, 3.63) is 56.2 Å². The molecule has 0 fully saturated rings. The van der Waals surface area contributed by atoms with Gasteiger partial charge in [-0.1, -0.05) is 34.1 Å². The largest absolute Gasteiger partial charge is 0.309 e. The highest BCUT2D eigenvalue weighted by molar-refractivity contribution is 9.10. The van der Waals surface area contributed by atoms with E-state index in [-0.39, 0.29) is 6.04 Å². The second-order valence-corrected chi connectivity index (χ2v) is 5.33. The Morgan fingerprint density at radius 3 is 2.75 bits per heavy atom. The van der Waals surface area contributed by atoms with Crippen molar-refractivity contribution in [2.45, 2.75) is 13.0 Å². The predicted octanol–water partition coefficient (Wildman–Crippen LogP) is 4.13. The number of benzene rings is 1. The number of aryl methyl sites for hydroxylation is 1. The summed E-state index contributed by atoms with van der Waals surface area (Å²) in [6, 6.07) is 8.82. The smallest absolute Gasteiger partial charge is 0.0593 e. The number of nitrogens with one attached hydrogen (secondary N) is 1. The normalized spacial score (nSPS) is 12.7. The van der Waals surface area contributed by atoms with Crippen molar-refractivity contribution < 1.29 is 0 Å². The van der Waals surface area contributed by atoms with E-state index in [2.05, 4.69) is 63.2 Å². The van der Waals surface area contributed by atoms with Crippen LogP contribution in [0.5, 0.6) is 0 Å². The fourth-order valence-electron chi connectivity index (χ4n) is 1.83. The molecular weight excluding hydrogens is 282 g/mol. The topological polar surface area (TPSA) is 12.0 Å². The molecule has 0 aliphatic carbocycles. The molecule has 0 saturated carbocycles. The molecule has 0 radical (unpaired) electrons. The standard InChI is InChI=1S/C13H14BrNS/c1-9-4-3-5-11(12(9)14)13(15-2)10-6-7-16-8-10/h3-8,13,15H,1-2H3. The predicted molar refractivity (Wildman–Crippen MR) is 74.1 cm³/mol. The van der Waals surface area contributed by atoms with Crippen molar-refractivity contribution in [2.24, 2.45) is 0 Å². The molecule has 1 N–H and O–H groups in total. The van der Waals surface area contributed by atoms with Gasteiger partial charge in [0.1, 0.15) is 0 Å². The molecule has 0 aliphatic rings. The van der Waals surface area contributed by atoms with Crippen LogP contribution in [0.2, 0.25) is 0 Å². The molecule has 1 heterocycles. The molecular formula is C13H14BrNS. The third-order valence-corrected chi connectivity index (χ3v) is 4.48. The fourth-order valence-corrected chi connectivity index (χ4v) is 3.01. The maximum Gasteiger partial charge on any atom is 0.0593 e. The number of rotatable bonds is 3. The Morgan fingerprint density at radius 2 is 2.12 bits per heavy atom. The summed E-state index contributed by atoms with van der Waals surface area (Å²) in [5, 5.41) is 7.67. The Kier molecular flexibility index (Phi) is 3.79. The van der Waals surface area contributed by atoms with E-state index in [1.54, 1.807) is 11.3 Å². The lowest BCUT2D eigenvalue weighted by Gasteiger charge is -2.18. The van der Waals surface area contributed by atoms with Gasteiger partial charge in [-0.05, 0) is 47.5 Å². The second-order valence-electron chi connectivity index (χ2n) is 3.76. The number of hydrogen-bond acceptors (Lipinski definition) is 2. The maximum absolute atomic E-state index is 3.67. The van der Waals surface area contributed by atoms with Crippen molar-refractivity contribution in [3.63, 3.8) is 0 Å². The molecule has 1 unspecified atom stereocenters. The third-order valence-electron chi connectivity index (χ3n) is 2.70. The molecule has 1 aromatic carbocycles. The SMILES string of the molecule is CNC(c1ccsc1)c1cccc(C)c1Br. The summed E-state index contributed by atoms with van der Waals surface area (Å²) in [6.07, 6.45) is 0. The van der Waals surface area contributed by atoms with Gasteiger partial charge in [0.2, 0.25) is 0 Å². The zero-order valence-corrected chi connectivity index (χ0v) is 11.7. The third kappa shape index (κ3) is 2.21. The highest BCUT2D eigenvalue weighted by Crippen LogP contribution is 2.31. The van der Waals surface area contributed by atoms with Crippen LogP contribution >= 0.6 is 27.3 Å². The van der Waals surface area contributed by atoms with Gasteiger partial charge < -0.3 is 5.32 Å². The lowest BCUT2D eigenvalue weighted by Crippen LogP contribution is -2.17. The molecule has 84 valence electrons. The van der Waals surface area contributed by atoms with E-state index in [1.807, 2.05) is 7.05 Å². The minimum absolute atomic E-state index is 0.264. The Balaban J connectivity index is 2.45. The highest BCUT2D eigenvalue weighted by Gasteiger charge is 2.15. The van der Waals surface area contributed by atoms with Crippen molar-refractivity contribution in [1.29, 1.82) is 0 Å². The van der Waals surface area contributed by atoms with Crippen LogP contribution in [0.1, 0.15) is 22.7 Å². The van der Waals surface area contributed by atoms with E-state index < -0.39 is 0 Å². The summed E-state index contributed by atoms with van der Waals surface area (Å²) in [7, 11) is 2.00. The van der Waals surface area contributed by atoms with Gasteiger partial charge in [-0.2, -0.15) is 11.3 Å². The van der Waals surface area contributed by atoms with Crippen LogP contribution < -0.4 is 5.32 Å². The first-order valence-corrected chi connectivity index (χ1v) is 6.92. The average molecular weight is 296 g/mol. The van der Waals surface area contributed by atoms with Crippen molar-refractivity contribution in [1.82, 2.24) is 5.32 Å².